The summed E-state index contributed by atoms with van der Waals surface area (Å²) >= 11 is 0. The molecule has 1 aliphatic heterocycles. The highest BCUT2D eigenvalue weighted by Crippen LogP contribution is 2.26. The summed E-state index contributed by atoms with van der Waals surface area (Å²) in [4.78, 5) is 28.3. The number of hydrogen-bond acceptors (Lipinski definition) is 4. The number of benzene rings is 1. The van der Waals surface area contributed by atoms with Crippen LogP contribution in [0.3, 0.4) is 0 Å². The summed E-state index contributed by atoms with van der Waals surface area (Å²) < 4.78 is 10.5. The molecule has 1 aromatic carbocycles. The van der Waals surface area contributed by atoms with Crippen LogP contribution in [-0.2, 0) is 0 Å². The van der Waals surface area contributed by atoms with E-state index in [1.807, 2.05) is 0 Å². The number of nitrogens with one attached hydrogen (secondary N) is 1. The molecule has 1 heterocycles. The molecule has 0 bridgehead atoms. The minimum Gasteiger partial charge on any atom is -0.497 e. The molecule has 0 aromatic heterocycles. The van der Waals surface area contributed by atoms with Crippen molar-refractivity contribution in [1.82, 2.24) is 15.1 Å². The van der Waals surface area contributed by atoms with Crippen LogP contribution in [0.1, 0.15) is 23.2 Å². The summed E-state index contributed by atoms with van der Waals surface area (Å²) in [6.07, 6.45) is 2.14. The van der Waals surface area contributed by atoms with Crippen molar-refractivity contribution in [1.29, 1.82) is 0 Å². The van der Waals surface area contributed by atoms with Crippen LogP contribution in [0.25, 0.3) is 0 Å². The fourth-order valence-corrected chi connectivity index (χ4v) is 2.75. The third-order valence-electron chi connectivity index (χ3n) is 4.40. The zero-order valence-electron chi connectivity index (χ0n) is 14.1. The van der Waals surface area contributed by atoms with Crippen molar-refractivity contribution in [2.24, 2.45) is 0 Å². The van der Waals surface area contributed by atoms with E-state index >= 15 is 0 Å². The molecule has 1 saturated heterocycles. The van der Waals surface area contributed by atoms with Crippen molar-refractivity contribution in [3.8, 4) is 11.5 Å². The van der Waals surface area contributed by atoms with Gasteiger partial charge in [-0.25, -0.2) is 4.79 Å². The largest absolute Gasteiger partial charge is 0.497 e. The average Bonchev–Trinajstić information content (AvgIpc) is 3.44. The zero-order chi connectivity index (χ0) is 17.1. The Bertz CT molecular complexity index is 622. The summed E-state index contributed by atoms with van der Waals surface area (Å²) in [6, 6.07) is 5.49. The van der Waals surface area contributed by atoms with E-state index in [2.05, 4.69) is 5.32 Å². The molecule has 0 atom stereocenters. The van der Waals surface area contributed by atoms with Crippen LogP contribution in [0.4, 0.5) is 4.79 Å². The van der Waals surface area contributed by atoms with E-state index in [1.54, 1.807) is 35.1 Å². The monoisotopic (exact) mass is 333 g/mol. The molecule has 0 radical (unpaired) electrons. The van der Waals surface area contributed by atoms with Crippen LogP contribution in [0.5, 0.6) is 11.5 Å². The number of ether oxygens (including phenoxy) is 2. The molecule has 3 amide bonds. The number of piperazine rings is 1. The van der Waals surface area contributed by atoms with E-state index in [0.29, 0.717) is 49.3 Å². The second-order valence-electron chi connectivity index (χ2n) is 6.07. The summed E-state index contributed by atoms with van der Waals surface area (Å²) in [6.45, 7) is 2.13. The van der Waals surface area contributed by atoms with Crippen molar-refractivity contribution >= 4 is 11.9 Å². The first-order valence-electron chi connectivity index (χ1n) is 8.19. The Kier molecular flexibility index (Phi) is 4.78. The number of hydrogen-bond donors (Lipinski definition) is 1. The van der Waals surface area contributed by atoms with E-state index in [-0.39, 0.29) is 11.9 Å². The molecule has 1 aromatic rings. The Labute approximate surface area is 141 Å². The van der Waals surface area contributed by atoms with Crippen molar-refractivity contribution in [2.75, 3.05) is 40.4 Å². The highest BCUT2D eigenvalue weighted by molar-refractivity contribution is 5.97. The number of carbonyl (C=O) groups is 2. The van der Waals surface area contributed by atoms with Crippen LogP contribution in [0.2, 0.25) is 0 Å². The number of nitrogens with zero attached hydrogens (tertiary/aromatic N) is 2. The zero-order valence-corrected chi connectivity index (χ0v) is 14.1. The number of carbonyl (C=O) groups excluding carboxylic acids is 2. The fourth-order valence-electron chi connectivity index (χ4n) is 2.75. The van der Waals surface area contributed by atoms with E-state index in [4.69, 9.17) is 9.47 Å². The molecule has 3 rings (SSSR count). The normalized spacial score (nSPS) is 17.4. The van der Waals surface area contributed by atoms with Gasteiger partial charge in [-0.15, -0.1) is 0 Å². The van der Waals surface area contributed by atoms with Crippen molar-refractivity contribution in [3.63, 3.8) is 0 Å². The fraction of sp³-hybridized carbons (Fsp3) is 0.529. The standard InChI is InChI=1S/C17H23N3O4/c1-23-13-5-6-14(15(11-13)24-2)16(21)19-7-9-20(10-8-19)17(22)18-12-3-4-12/h5-6,11-12H,3-4,7-10H2,1-2H3,(H,18,22). The Hall–Kier alpha value is -2.44. The first-order chi connectivity index (χ1) is 11.6. The lowest BCUT2D eigenvalue weighted by molar-refractivity contribution is 0.0661. The highest BCUT2D eigenvalue weighted by Gasteiger charge is 2.29. The Balaban J connectivity index is 1.61. The number of amides is 3. The summed E-state index contributed by atoms with van der Waals surface area (Å²) in [5.74, 6) is 1.05. The average molecular weight is 333 g/mol. The molecule has 7 heteroatoms. The van der Waals surface area contributed by atoms with Gasteiger partial charge in [0.1, 0.15) is 11.5 Å². The van der Waals surface area contributed by atoms with Crippen LogP contribution in [0.15, 0.2) is 18.2 Å². The van der Waals surface area contributed by atoms with Crippen molar-refractivity contribution < 1.29 is 19.1 Å². The molecular formula is C17H23N3O4. The van der Waals surface area contributed by atoms with Gasteiger partial charge in [-0.2, -0.15) is 0 Å². The van der Waals surface area contributed by atoms with Gasteiger partial charge in [0.2, 0.25) is 0 Å². The van der Waals surface area contributed by atoms with Gasteiger partial charge in [0, 0.05) is 38.3 Å². The molecule has 130 valence electrons. The van der Waals surface area contributed by atoms with Crippen molar-refractivity contribution in [2.45, 2.75) is 18.9 Å². The van der Waals surface area contributed by atoms with E-state index in [1.165, 1.54) is 7.11 Å². The molecule has 0 spiro atoms. The smallest absolute Gasteiger partial charge is 0.317 e. The van der Waals surface area contributed by atoms with Gasteiger partial charge in [-0.1, -0.05) is 0 Å². The summed E-state index contributed by atoms with van der Waals surface area (Å²) in [7, 11) is 3.11. The SMILES string of the molecule is COc1ccc(C(=O)N2CCN(C(=O)NC3CC3)CC2)c(OC)c1. The molecule has 2 fully saturated rings. The van der Waals surface area contributed by atoms with Crippen LogP contribution in [0, 0.1) is 0 Å². The number of rotatable bonds is 4. The van der Waals surface area contributed by atoms with Gasteiger partial charge in [0.25, 0.3) is 5.91 Å². The first kappa shape index (κ1) is 16.4. The van der Waals surface area contributed by atoms with Crippen LogP contribution < -0.4 is 14.8 Å². The lowest BCUT2D eigenvalue weighted by Crippen LogP contribution is -2.53. The third kappa shape index (κ3) is 3.55. The van der Waals surface area contributed by atoms with E-state index in [0.717, 1.165) is 12.8 Å². The Morgan fingerprint density at radius 1 is 1.04 bits per heavy atom. The maximum absolute atomic E-state index is 12.7. The van der Waals surface area contributed by atoms with Crippen LogP contribution >= 0.6 is 0 Å². The number of urea groups is 1. The molecule has 24 heavy (non-hydrogen) atoms. The lowest BCUT2D eigenvalue weighted by Gasteiger charge is -2.35. The van der Waals surface area contributed by atoms with Gasteiger partial charge in [0.05, 0.1) is 19.8 Å². The molecule has 2 aliphatic rings. The molecule has 0 unspecified atom stereocenters. The van der Waals surface area contributed by atoms with Gasteiger partial charge in [-0.05, 0) is 25.0 Å². The predicted octanol–water partition coefficient (Wildman–Crippen LogP) is 1.33. The highest BCUT2D eigenvalue weighted by atomic mass is 16.5. The third-order valence-corrected chi connectivity index (χ3v) is 4.40. The van der Waals surface area contributed by atoms with Gasteiger partial charge in [-0.3, -0.25) is 4.79 Å². The quantitative estimate of drug-likeness (QED) is 0.902. The van der Waals surface area contributed by atoms with Gasteiger partial charge in [0.15, 0.2) is 0 Å². The topological polar surface area (TPSA) is 71.1 Å². The minimum absolute atomic E-state index is 0.0216. The maximum atomic E-state index is 12.7. The summed E-state index contributed by atoms with van der Waals surface area (Å²) in [5, 5.41) is 2.98. The lowest BCUT2D eigenvalue weighted by atomic mass is 10.1. The van der Waals surface area contributed by atoms with E-state index in [9.17, 15) is 9.59 Å². The molecule has 1 N–H and O–H groups in total. The Morgan fingerprint density at radius 2 is 1.71 bits per heavy atom. The first-order valence-corrected chi connectivity index (χ1v) is 8.19. The van der Waals surface area contributed by atoms with Crippen LogP contribution in [-0.4, -0.2) is 68.2 Å². The molecular weight excluding hydrogens is 310 g/mol. The second-order valence-corrected chi connectivity index (χ2v) is 6.07. The number of methoxy groups -OCH3 is 2. The van der Waals surface area contributed by atoms with Gasteiger partial charge >= 0.3 is 6.03 Å². The summed E-state index contributed by atoms with van der Waals surface area (Å²) in [5.41, 5.74) is 0.509. The molecule has 7 nitrogen and oxygen atoms in total. The molecule has 1 aliphatic carbocycles. The molecule has 1 saturated carbocycles. The maximum Gasteiger partial charge on any atom is 0.317 e. The second kappa shape index (κ2) is 6.98. The van der Waals surface area contributed by atoms with Gasteiger partial charge < -0.3 is 24.6 Å². The van der Waals surface area contributed by atoms with Crippen molar-refractivity contribution in [3.05, 3.63) is 23.8 Å². The predicted molar refractivity (Wildman–Crippen MR) is 88.6 cm³/mol. The Morgan fingerprint density at radius 3 is 2.29 bits per heavy atom. The van der Waals surface area contributed by atoms with E-state index < -0.39 is 0 Å². The minimum atomic E-state index is -0.0863.